The minimum atomic E-state index is -0.836. The van der Waals surface area contributed by atoms with Crippen LogP contribution in [0.2, 0.25) is 0 Å². The molecule has 2 aromatic rings. The first-order valence-electron chi connectivity index (χ1n) is 19.5. The lowest BCUT2D eigenvalue weighted by Crippen LogP contribution is -2.40. The van der Waals surface area contributed by atoms with Gasteiger partial charge in [-0.3, -0.25) is 24.5 Å². The average molecular weight is 801 g/mol. The molecule has 3 rings (SSSR count). The molecule has 1 heterocycles. The Labute approximate surface area is 337 Å². The second-order valence-corrected chi connectivity index (χ2v) is 18.4. The van der Waals surface area contributed by atoms with E-state index in [0.29, 0.717) is 18.0 Å². The van der Waals surface area contributed by atoms with Gasteiger partial charge in [0.15, 0.2) is 0 Å². The molecule has 1 aliphatic rings. The van der Waals surface area contributed by atoms with E-state index in [0.717, 1.165) is 37.7 Å². The summed E-state index contributed by atoms with van der Waals surface area (Å²) in [6.45, 7) is 22.6. The van der Waals surface area contributed by atoms with Crippen LogP contribution >= 0.6 is 0 Å². The molecular formula is C42H64N4O11. The van der Waals surface area contributed by atoms with Gasteiger partial charge in [0.25, 0.3) is 5.69 Å². The lowest BCUT2D eigenvalue weighted by atomic mass is 9.95. The van der Waals surface area contributed by atoms with Crippen molar-refractivity contribution in [1.29, 1.82) is 0 Å². The molecule has 1 fully saturated rings. The van der Waals surface area contributed by atoms with Gasteiger partial charge in [-0.25, -0.2) is 0 Å². The van der Waals surface area contributed by atoms with Crippen molar-refractivity contribution in [1.82, 2.24) is 0 Å². The van der Waals surface area contributed by atoms with E-state index in [1.165, 1.54) is 11.0 Å². The molecule has 0 amide bonds. The maximum absolute atomic E-state index is 13.2. The van der Waals surface area contributed by atoms with Crippen molar-refractivity contribution < 1.29 is 48.1 Å². The van der Waals surface area contributed by atoms with E-state index in [9.17, 15) is 29.6 Å². The van der Waals surface area contributed by atoms with Crippen LogP contribution < -0.4 is 24.2 Å². The standard InChI is InChI=1S/C42H64N4O11/c1-39(2,3)28-45(26-38(50)57-42(10,11)12)31-16-15-30(43-17-13-14-18-43)22-34(31)53-19-20-54-35-23-32(46(51)52)29(27-47)21-33(35)44(24-36(48)55-40(4,5)6)25-37(49)56-41(7,8)9/h15-16,21-23,47H,13-14,17-20,24-28H2,1-12H3. The van der Waals surface area contributed by atoms with Gasteiger partial charge in [0.2, 0.25) is 0 Å². The average Bonchev–Trinajstić information content (AvgIpc) is 3.58. The molecule has 15 nitrogen and oxygen atoms in total. The zero-order valence-electron chi connectivity index (χ0n) is 36.0. The number of aliphatic hydroxyl groups excluding tert-OH is 1. The normalized spacial score (nSPS) is 13.5. The molecule has 318 valence electrons. The molecule has 0 radical (unpaired) electrons. The number of anilines is 3. The molecule has 0 unspecified atom stereocenters. The third-order valence-corrected chi connectivity index (χ3v) is 8.11. The van der Waals surface area contributed by atoms with E-state index < -0.39 is 59.0 Å². The number of carbonyl (C=O) groups is 3. The summed E-state index contributed by atoms with van der Waals surface area (Å²) in [4.78, 5) is 56.4. The fraction of sp³-hybridized carbons (Fsp3) is 0.643. The predicted molar refractivity (Wildman–Crippen MR) is 219 cm³/mol. The zero-order valence-corrected chi connectivity index (χ0v) is 36.0. The highest BCUT2D eigenvalue weighted by Gasteiger charge is 2.30. The number of nitro benzene ring substituents is 1. The molecular weight excluding hydrogens is 736 g/mol. The maximum Gasteiger partial charge on any atom is 0.326 e. The highest BCUT2D eigenvalue weighted by Crippen LogP contribution is 2.38. The summed E-state index contributed by atoms with van der Waals surface area (Å²) in [5.74, 6) is -1.23. The van der Waals surface area contributed by atoms with Crippen LogP contribution in [0.3, 0.4) is 0 Å². The van der Waals surface area contributed by atoms with Crippen LogP contribution in [0, 0.1) is 15.5 Å². The first kappa shape index (κ1) is 46.6. The van der Waals surface area contributed by atoms with Crippen LogP contribution in [0.25, 0.3) is 0 Å². The van der Waals surface area contributed by atoms with Crippen LogP contribution in [-0.4, -0.2) is 97.2 Å². The fourth-order valence-corrected chi connectivity index (χ4v) is 6.23. The Morgan fingerprint density at radius 1 is 0.702 bits per heavy atom. The Bertz CT molecular complexity index is 1680. The summed E-state index contributed by atoms with van der Waals surface area (Å²) >= 11 is 0. The molecule has 1 aliphatic heterocycles. The lowest BCUT2D eigenvalue weighted by molar-refractivity contribution is -0.385. The lowest BCUT2D eigenvalue weighted by Gasteiger charge is -2.33. The first-order chi connectivity index (χ1) is 26.2. The van der Waals surface area contributed by atoms with E-state index in [-0.39, 0.29) is 48.1 Å². The number of ether oxygens (including phenoxy) is 5. The van der Waals surface area contributed by atoms with E-state index in [1.807, 2.05) is 43.9 Å². The van der Waals surface area contributed by atoms with Crippen LogP contribution in [0.15, 0.2) is 30.3 Å². The van der Waals surface area contributed by atoms with Gasteiger partial charge in [-0.15, -0.1) is 0 Å². The second-order valence-electron chi connectivity index (χ2n) is 18.4. The third kappa shape index (κ3) is 15.9. The minimum absolute atomic E-state index is 0.0141. The van der Waals surface area contributed by atoms with Crippen molar-refractivity contribution in [3.63, 3.8) is 0 Å². The summed E-state index contributed by atoms with van der Waals surface area (Å²) in [6, 6.07) is 8.39. The smallest absolute Gasteiger partial charge is 0.326 e. The van der Waals surface area contributed by atoms with Gasteiger partial charge < -0.3 is 43.5 Å². The Balaban J connectivity index is 2.02. The largest absolute Gasteiger partial charge is 0.488 e. The molecule has 1 N–H and O–H groups in total. The Morgan fingerprint density at radius 2 is 1.16 bits per heavy atom. The number of hydrogen-bond donors (Lipinski definition) is 1. The van der Waals surface area contributed by atoms with Crippen molar-refractivity contribution in [2.24, 2.45) is 5.41 Å². The number of rotatable bonds is 17. The molecule has 0 spiro atoms. The number of benzene rings is 2. The summed E-state index contributed by atoms with van der Waals surface area (Å²) in [6.07, 6.45) is 2.14. The Hall–Kier alpha value is -4.79. The van der Waals surface area contributed by atoms with E-state index >= 15 is 0 Å². The summed E-state index contributed by atoms with van der Waals surface area (Å²) < 4.78 is 29.4. The van der Waals surface area contributed by atoms with Crippen LogP contribution in [0.1, 0.15) is 101 Å². The Kier molecular flexibility index (Phi) is 15.6. The number of carbonyl (C=O) groups excluding carboxylic acids is 3. The highest BCUT2D eigenvalue weighted by atomic mass is 16.6. The van der Waals surface area contributed by atoms with Crippen molar-refractivity contribution >= 4 is 40.7 Å². The maximum atomic E-state index is 13.2. The number of aliphatic hydroxyl groups is 1. The van der Waals surface area contributed by atoms with E-state index in [2.05, 4.69) is 25.7 Å². The Morgan fingerprint density at radius 3 is 1.58 bits per heavy atom. The highest BCUT2D eigenvalue weighted by molar-refractivity contribution is 5.84. The summed E-state index contributed by atoms with van der Waals surface area (Å²) in [5.41, 5.74) is -1.22. The minimum Gasteiger partial charge on any atom is -0.488 e. The van der Waals surface area contributed by atoms with Gasteiger partial charge in [0, 0.05) is 31.4 Å². The molecule has 0 aliphatic carbocycles. The SMILES string of the molecule is CC(C)(C)CN(CC(=O)OC(C)(C)C)c1ccc(N2CCCC2)cc1OCCOc1cc([N+](=O)[O-])c(CO)cc1N(CC(=O)OC(C)(C)C)CC(=O)OC(C)(C)C. The van der Waals surface area contributed by atoms with Gasteiger partial charge in [-0.2, -0.15) is 0 Å². The molecule has 1 saturated heterocycles. The number of hydrogen-bond acceptors (Lipinski definition) is 14. The molecule has 15 heteroatoms. The van der Waals surface area contributed by atoms with Gasteiger partial charge in [0.05, 0.1) is 34.5 Å². The van der Waals surface area contributed by atoms with Gasteiger partial charge in [-0.05, 0) is 98.8 Å². The number of esters is 3. The fourth-order valence-electron chi connectivity index (χ4n) is 6.23. The van der Waals surface area contributed by atoms with Crippen LogP contribution in [-0.2, 0) is 35.2 Å². The quantitative estimate of drug-likeness (QED) is 0.0581. The van der Waals surface area contributed by atoms with E-state index in [4.69, 9.17) is 23.7 Å². The van der Waals surface area contributed by atoms with Crippen molar-refractivity contribution in [2.45, 2.75) is 119 Å². The van der Waals surface area contributed by atoms with Crippen molar-refractivity contribution in [3.05, 3.63) is 46.0 Å². The molecule has 2 aromatic carbocycles. The summed E-state index contributed by atoms with van der Waals surface area (Å²) in [5, 5.41) is 22.2. The van der Waals surface area contributed by atoms with Gasteiger partial charge >= 0.3 is 17.9 Å². The zero-order chi connectivity index (χ0) is 42.9. The third-order valence-electron chi connectivity index (χ3n) is 8.11. The number of nitrogens with zero attached hydrogens (tertiary/aromatic N) is 4. The van der Waals surface area contributed by atoms with E-state index in [1.54, 1.807) is 41.5 Å². The molecule has 57 heavy (non-hydrogen) atoms. The second kappa shape index (κ2) is 19.1. The van der Waals surface area contributed by atoms with Gasteiger partial charge in [0.1, 0.15) is 61.2 Å². The van der Waals surface area contributed by atoms with Crippen molar-refractivity contribution in [2.75, 3.05) is 67.2 Å². The molecule has 0 bridgehead atoms. The first-order valence-corrected chi connectivity index (χ1v) is 19.5. The van der Waals surface area contributed by atoms with Crippen LogP contribution in [0.4, 0.5) is 22.7 Å². The predicted octanol–water partition coefficient (Wildman–Crippen LogP) is 6.83. The van der Waals surface area contributed by atoms with Gasteiger partial charge in [-0.1, -0.05) is 20.8 Å². The summed E-state index contributed by atoms with van der Waals surface area (Å²) in [7, 11) is 0. The molecule has 0 aromatic heterocycles. The molecule has 0 atom stereocenters. The van der Waals surface area contributed by atoms with Crippen LogP contribution in [0.5, 0.6) is 11.5 Å². The number of nitro groups is 1. The monoisotopic (exact) mass is 800 g/mol. The topological polar surface area (TPSA) is 170 Å². The van der Waals surface area contributed by atoms with Crippen molar-refractivity contribution in [3.8, 4) is 11.5 Å². The molecule has 0 saturated carbocycles.